The molecule has 0 heterocycles. The van der Waals surface area contributed by atoms with Crippen LogP contribution >= 0.6 is 21.6 Å². The van der Waals surface area contributed by atoms with E-state index in [0.717, 1.165) is 18.1 Å². The fraction of sp³-hybridized carbons (Fsp3) is 0.889. The maximum atomic E-state index is 10.4. The Morgan fingerprint density at radius 2 is 2.00 bits per heavy atom. The summed E-state index contributed by atoms with van der Waals surface area (Å²) in [6, 6.07) is 0.557. The Morgan fingerprint density at radius 3 is 2.57 bits per heavy atom. The molecule has 0 aromatic rings. The predicted molar refractivity (Wildman–Crippen MR) is 64.7 cm³/mol. The van der Waals surface area contributed by atoms with E-state index in [4.69, 9.17) is 4.74 Å². The van der Waals surface area contributed by atoms with Crippen LogP contribution in [0.3, 0.4) is 0 Å². The Hall–Kier alpha value is 0.130. The van der Waals surface area contributed by atoms with Crippen LogP contribution in [0, 0.1) is 0 Å². The monoisotopic (exact) mass is 237 g/mol. The van der Waals surface area contributed by atoms with Gasteiger partial charge in [0.25, 0.3) is 0 Å². The Morgan fingerprint density at radius 1 is 1.36 bits per heavy atom. The molecule has 0 bridgehead atoms. The van der Waals surface area contributed by atoms with Crippen molar-refractivity contribution in [1.82, 2.24) is 5.32 Å². The lowest BCUT2D eigenvalue weighted by atomic mass is 10.4. The highest BCUT2D eigenvalue weighted by Gasteiger charge is 1.95. The second kappa shape index (κ2) is 9.68. The van der Waals surface area contributed by atoms with E-state index >= 15 is 0 Å². The third kappa shape index (κ3) is 12.1. The summed E-state index contributed by atoms with van der Waals surface area (Å²) in [5.74, 6) is 1.76. The van der Waals surface area contributed by atoms with Gasteiger partial charge in [0, 0.05) is 31.0 Å². The number of hydrogen-bond donors (Lipinski definition) is 1. The fourth-order valence-corrected chi connectivity index (χ4v) is 2.48. The third-order valence-corrected chi connectivity index (χ3v) is 3.66. The van der Waals surface area contributed by atoms with Gasteiger partial charge in [-0.05, 0) is 0 Å². The Kier molecular flexibility index (Phi) is 9.77. The molecule has 0 amide bonds. The maximum absolute atomic E-state index is 10.4. The normalized spacial score (nSPS) is 10.6. The van der Waals surface area contributed by atoms with E-state index in [0.29, 0.717) is 12.6 Å². The molecule has 0 fully saturated rings. The number of carbonyl (C=O) groups is 1. The number of hydrogen-bond acceptors (Lipinski definition) is 5. The Balaban J connectivity index is 2.96. The summed E-state index contributed by atoms with van der Waals surface area (Å²) in [5.41, 5.74) is 0. The molecule has 0 aromatic carbocycles. The maximum Gasteiger partial charge on any atom is 0.302 e. The summed E-state index contributed by atoms with van der Waals surface area (Å²) in [5, 5.41) is 3.34. The molecule has 5 heteroatoms. The molecule has 0 aliphatic heterocycles. The molecule has 0 aromatic heterocycles. The van der Waals surface area contributed by atoms with Gasteiger partial charge in [0.15, 0.2) is 0 Å². The summed E-state index contributed by atoms with van der Waals surface area (Å²) in [4.78, 5) is 10.4. The Labute approximate surface area is 94.1 Å². The second-order valence-electron chi connectivity index (χ2n) is 3.09. The van der Waals surface area contributed by atoms with Gasteiger partial charge in [0.05, 0.1) is 0 Å². The molecule has 0 unspecified atom stereocenters. The summed E-state index contributed by atoms with van der Waals surface area (Å²) in [7, 11) is 3.56. The zero-order valence-electron chi connectivity index (χ0n) is 9.04. The van der Waals surface area contributed by atoms with Crippen LogP contribution in [0.5, 0.6) is 0 Å². The van der Waals surface area contributed by atoms with Gasteiger partial charge in [-0.2, -0.15) is 0 Å². The molecule has 0 aliphatic carbocycles. The third-order valence-electron chi connectivity index (χ3n) is 1.29. The first kappa shape index (κ1) is 14.1. The van der Waals surface area contributed by atoms with E-state index < -0.39 is 0 Å². The van der Waals surface area contributed by atoms with Crippen molar-refractivity contribution in [2.24, 2.45) is 0 Å². The highest BCUT2D eigenvalue weighted by molar-refractivity contribution is 8.76. The van der Waals surface area contributed by atoms with Crippen molar-refractivity contribution in [2.45, 2.75) is 26.8 Å². The molecule has 0 atom stereocenters. The second-order valence-corrected chi connectivity index (χ2v) is 5.79. The highest BCUT2D eigenvalue weighted by atomic mass is 33.1. The zero-order chi connectivity index (χ0) is 10.8. The van der Waals surface area contributed by atoms with Gasteiger partial charge < -0.3 is 10.1 Å². The van der Waals surface area contributed by atoms with Crippen molar-refractivity contribution in [3.05, 3.63) is 0 Å². The van der Waals surface area contributed by atoms with Crippen LogP contribution in [0.2, 0.25) is 0 Å². The smallest absolute Gasteiger partial charge is 0.302 e. The molecule has 0 radical (unpaired) electrons. The lowest BCUT2D eigenvalue weighted by Crippen LogP contribution is -2.24. The predicted octanol–water partition coefficient (Wildman–Crippen LogP) is 1.93. The van der Waals surface area contributed by atoms with E-state index in [1.165, 1.54) is 6.92 Å². The van der Waals surface area contributed by atoms with Gasteiger partial charge in [0.2, 0.25) is 0 Å². The van der Waals surface area contributed by atoms with E-state index in [2.05, 4.69) is 19.2 Å². The van der Waals surface area contributed by atoms with E-state index in [9.17, 15) is 4.79 Å². The zero-order valence-corrected chi connectivity index (χ0v) is 10.7. The first-order chi connectivity index (χ1) is 6.63. The summed E-state index contributed by atoms with van der Waals surface area (Å²) in [6.07, 6.45) is 0. The van der Waals surface area contributed by atoms with Gasteiger partial charge in [-0.3, -0.25) is 4.79 Å². The quantitative estimate of drug-likeness (QED) is 0.397. The van der Waals surface area contributed by atoms with Crippen LogP contribution in [0.15, 0.2) is 0 Å². The van der Waals surface area contributed by atoms with Crippen molar-refractivity contribution in [3.63, 3.8) is 0 Å². The molecule has 0 saturated heterocycles. The van der Waals surface area contributed by atoms with Gasteiger partial charge in [0.1, 0.15) is 6.61 Å². The molecule has 3 nitrogen and oxygen atoms in total. The molecule has 0 rings (SSSR count). The summed E-state index contributed by atoms with van der Waals surface area (Å²) < 4.78 is 4.80. The first-order valence-corrected chi connectivity index (χ1v) is 7.23. The minimum Gasteiger partial charge on any atom is -0.465 e. The molecule has 1 N–H and O–H groups in total. The van der Waals surface area contributed by atoms with Crippen molar-refractivity contribution in [1.29, 1.82) is 0 Å². The number of esters is 1. The lowest BCUT2D eigenvalue weighted by molar-refractivity contribution is -0.140. The van der Waals surface area contributed by atoms with Gasteiger partial charge >= 0.3 is 5.97 Å². The average Bonchev–Trinajstić information content (AvgIpc) is 2.08. The van der Waals surface area contributed by atoms with Crippen molar-refractivity contribution < 1.29 is 9.53 Å². The van der Waals surface area contributed by atoms with Crippen molar-refractivity contribution >= 4 is 27.6 Å². The summed E-state index contributed by atoms with van der Waals surface area (Å²) >= 11 is 0. The number of nitrogens with one attached hydrogen (secondary N) is 1. The molecule has 14 heavy (non-hydrogen) atoms. The van der Waals surface area contributed by atoms with Crippen LogP contribution in [0.25, 0.3) is 0 Å². The highest BCUT2D eigenvalue weighted by Crippen LogP contribution is 2.19. The van der Waals surface area contributed by atoms with Crippen LogP contribution < -0.4 is 5.32 Å². The van der Waals surface area contributed by atoms with E-state index in [1.807, 2.05) is 10.8 Å². The standard InChI is InChI=1S/C9H19NO2S2/c1-8(2)10-4-6-13-14-7-5-12-9(3)11/h8,10H,4-7H2,1-3H3. The summed E-state index contributed by atoms with van der Waals surface area (Å²) in [6.45, 7) is 7.26. The minimum atomic E-state index is -0.197. The van der Waals surface area contributed by atoms with Crippen molar-refractivity contribution in [2.75, 3.05) is 24.7 Å². The number of ether oxygens (including phenoxy) is 1. The topological polar surface area (TPSA) is 38.3 Å². The molecule has 84 valence electrons. The van der Waals surface area contributed by atoms with Crippen LogP contribution in [0.4, 0.5) is 0 Å². The van der Waals surface area contributed by atoms with E-state index in [1.54, 1.807) is 10.8 Å². The van der Waals surface area contributed by atoms with Crippen molar-refractivity contribution in [3.8, 4) is 0 Å². The van der Waals surface area contributed by atoms with E-state index in [-0.39, 0.29) is 5.97 Å². The van der Waals surface area contributed by atoms with Gasteiger partial charge in [-0.1, -0.05) is 35.4 Å². The molecule has 0 saturated carbocycles. The average molecular weight is 237 g/mol. The first-order valence-electron chi connectivity index (χ1n) is 4.74. The molecular weight excluding hydrogens is 218 g/mol. The lowest BCUT2D eigenvalue weighted by Gasteiger charge is -2.06. The molecule has 0 spiro atoms. The van der Waals surface area contributed by atoms with Gasteiger partial charge in [-0.25, -0.2) is 0 Å². The molecular formula is C9H19NO2S2. The minimum absolute atomic E-state index is 0.197. The number of carbonyl (C=O) groups excluding carboxylic acids is 1. The van der Waals surface area contributed by atoms with Crippen LogP contribution in [-0.4, -0.2) is 36.7 Å². The largest absolute Gasteiger partial charge is 0.465 e. The number of rotatable bonds is 8. The SMILES string of the molecule is CC(=O)OCCSSCCNC(C)C. The van der Waals surface area contributed by atoms with Gasteiger partial charge in [-0.15, -0.1) is 0 Å². The Bertz CT molecular complexity index is 154. The molecule has 0 aliphatic rings. The fourth-order valence-electron chi connectivity index (χ4n) is 0.727. The van der Waals surface area contributed by atoms with Crippen LogP contribution in [-0.2, 0) is 9.53 Å². The van der Waals surface area contributed by atoms with Crippen LogP contribution in [0.1, 0.15) is 20.8 Å².